The molecule has 2 N–H and O–H groups in total. The lowest BCUT2D eigenvalue weighted by Gasteiger charge is -2.06. The van der Waals surface area contributed by atoms with Crippen LogP contribution in [0.5, 0.6) is 0 Å². The SMILES string of the molecule is CCc1[nH]c(=O)c(-c2cc(=O)n3[nH]c(-c4cccs4)c(C)c3n2)cc1C. The van der Waals surface area contributed by atoms with Gasteiger partial charge in [0.2, 0.25) is 0 Å². The fraction of sp³-hybridized carbons (Fsp3) is 0.211. The van der Waals surface area contributed by atoms with Gasteiger partial charge in [-0.3, -0.25) is 14.7 Å². The van der Waals surface area contributed by atoms with Crippen LogP contribution in [0, 0.1) is 13.8 Å². The number of nitrogens with one attached hydrogen (secondary N) is 2. The summed E-state index contributed by atoms with van der Waals surface area (Å²) in [7, 11) is 0. The molecule has 4 heterocycles. The minimum absolute atomic E-state index is 0.227. The van der Waals surface area contributed by atoms with Crippen LogP contribution in [0.15, 0.2) is 39.2 Å². The van der Waals surface area contributed by atoms with Gasteiger partial charge in [-0.15, -0.1) is 11.3 Å². The topological polar surface area (TPSA) is 83.0 Å². The van der Waals surface area contributed by atoms with Crippen molar-refractivity contribution in [2.45, 2.75) is 27.2 Å². The first-order valence-corrected chi connectivity index (χ1v) is 9.27. The highest BCUT2D eigenvalue weighted by atomic mass is 32.1. The Morgan fingerprint density at radius 1 is 1.23 bits per heavy atom. The van der Waals surface area contributed by atoms with Gasteiger partial charge in [0.25, 0.3) is 11.1 Å². The zero-order valence-electron chi connectivity index (χ0n) is 14.7. The van der Waals surface area contributed by atoms with E-state index >= 15 is 0 Å². The summed E-state index contributed by atoms with van der Waals surface area (Å²) < 4.78 is 1.43. The van der Waals surface area contributed by atoms with Crippen LogP contribution >= 0.6 is 11.3 Å². The van der Waals surface area contributed by atoms with Gasteiger partial charge in [-0.25, -0.2) is 9.50 Å². The molecule has 0 fully saturated rings. The molecule has 4 aromatic rings. The van der Waals surface area contributed by atoms with Gasteiger partial charge in [0, 0.05) is 17.3 Å². The predicted molar refractivity (Wildman–Crippen MR) is 104 cm³/mol. The van der Waals surface area contributed by atoms with Crippen molar-refractivity contribution < 1.29 is 0 Å². The summed E-state index contributed by atoms with van der Waals surface area (Å²) >= 11 is 1.59. The smallest absolute Gasteiger partial charge is 0.273 e. The Morgan fingerprint density at radius 3 is 2.73 bits per heavy atom. The van der Waals surface area contributed by atoms with E-state index in [1.807, 2.05) is 38.3 Å². The van der Waals surface area contributed by atoms with Gasteiger partial charge in [0.1, 0.15) is 0 Å². The summed E-state index contributed by atoms with van der Waals surface area (Å²) in [4.78, 5) is 33.6. The molecule has 0 unspecified atom stereocenters. The standard InChI is InChI=1S/C19H18N4O2S/c1-4-13-10(2)8-12(19(25)21-13)14-9-16(24)23-18(20-14)11(3)17(22-23)15-6-5-7-26-15/h5-9,22H,4H2,1-3H3,(H,21,25). The lowest BCUT2D eigenvalue weighted by Crippen LogP contribution is -2.18. The molecule has 0 atom stereocenters. The molecule has 0 saturated carbocycles. The zero-order chi connectivity index (χ0) is 18.4. The fourth-order valence-corrected chi connectivity index (χ4v) is 3.96. The summed E-state index contributed by atoms with van der Waals surface area (Å²) in [6.07, 6.45) is 0.748. The molecule has 0 aliphatic heterocycles. The third-order valence-electron chi connectivity index (χ3n) is 4.60. The third-order valence-corrected chi connectivity index (χ3v) is 5.48. The highest BCUT2D eigenvalue weighted by Crippen LogP contribution is 2.28. The zero-order valence-corrected chi connectivity index (χ0v) is 15.5. The molecule has 7 heteroatoms. The Kier molecular flexibility index (Phi) is 3.88. The van der Waals surface area contributed by atoms with Gasteiger partial charge in [-0.2, -0.15) is 0 Å². The molecular formula is C19H18N4O2S. The number of aryl methyl sites for hydroxylation is 3. The summed E-state index contributed by atoms with van der Waals surface area (Å²) in [5.74, 6) is 0. The third kappa shape index (κ3) is 2.52. The molecule has 0 spiro atoms. The molecule has 4 rings (SSSR count). The number of pyridine rings is 1. The van der Waals surface area contributed by atoms with Crippen molar-refractivity contribution in [2.75, 3.05) is 0 Å². The van der Waals surface area contributed by atoms with E-state index in [0.29, 0.717) is 16.9 Å². The molecule has 0 amide bonds. The average Bonchev–Trinajstić information content (AvgIpc) is 3.25. The van der Waals surface area contributed by atoms with Gasteiger partial charge >= 0.3 is 0 Å². The van der Waals surface area contributed by atoms with Gasteiger partial charge in [0.05, 0.1) is 21.8 Å². The Morgan fingerprint density at radius 2 is 2.04 bits per heavy atom. The fourth-order valence-electron chi connectivity index (χ4n) is 3.18. The molecule has 0 bridgehead atoms. The van der Waals surface area contributed by atoms with Crippen LogP contribution in [-0.4, -0.2) is 19.6 Å². The monoisotopic (exact) mass is 366 g/mol. The van der Waals surface area contributed by atoms with Crippen LogP contribution in [0.4, 0.5) is 0 Å². The second-order valence-electron chi connectivity index (χ2n) is 6.25. The minimum atomic E-state index is -0.243. The normalized spacial score (nSPS) is 11.3. The Labute approximate surface area is 153 Å². The second-order valence-corrected chi connectivity index (χ2v) is 7.20. The summed E-state index contributed by atoms with van der Waals surface area (Å²) in [5, 5.41) is 5.11. The number of aromatic nitrogens is 4. The molecule has 0 saturated heterocycles. The van der Waals surface area contributed by atoms with Crippen molar-refractivity contribution in [2.24, 2.45) is 0 Å². The predicted octanol–water partition coefficient (Wildman–Crippen LogP) is 3.29. The summed E-state index contributed by atoms with van der Waals surface area (Å²) in [6, 6.07) is 7.16. The van der Waals surface area contributed by atoms with Crippen LogP contribution in [0.3, 0.4) is 0 Å². The first-order valence-electron chi connectivity index (χ1n) is 8.39. The Balaban J connectivity index is 1.96. The van der Waals surface area contributed by atoms with Crippen LogP contribution in [0.25, 0.3) is 27.5 Å². The van der Waals surface area contributed by atoms with E-state index in [1.54, 1.807) is 17.4 Å². The maximum absolute atomic E-state index is 12.6. The van der Waals surface area contributed by atoms with E-state index in [-0.39, 0.29) is 11.1 Å². The van der Waals surface area contributed by atoms with Gasteiger partial charge in [-0.05, 0) is 43.3 Å². The molecular weight excluding hydrogens is 348 g/mol. The van der Waals surface area contributed by atoms with Crippen molar-refractivity contribution in [3.05, 3.63) is 67.2 Å². The molecule has 132 valence electrons. The number of hydrogen-bond acceptors (Lipinski definition) is 4. The van der Waals surface area contributed by atoms with E-state index in [4.69, 9.17) is 0 Å². The maximum Gasteiger partial charge on any atom is 0.273 e. The first kappa shape index (κ1) is 16.5. The highest BCUT2D eigenvalue weighted by molar-refractivity contribution is 7.13. The van der Waals surface area contributed by atoms with E-state index in [9.17, 15) is 9.59 Å². The van der Waals surface area contributed by atoms with E-state index in [2.05, 4.69) is 15.1 Å². The number of H-pyrrole nitrogens is 2. The van der Waals surface area contributed by atoms with E-state index in [0.717, 1.165) is 33.8 Å². The van der Waals surface area contributed by atoms with Gasteiger partial charge in [0.15, 0.2) is 5.65 Å². The molecule has 0 radical (unpaired) electrons. The summed E-state index contributed by atoms with van der Waals surface area (Å²) in [5.41, 5.74) is 4.50. The average molecular weight is 366 g/mol. The van der Waals surface area contributed by atoms with Crippen LogP contribution in [0.2, 0.25) is 0 Å². The van der Waals surface area contributed by atoms with Crippen molar-refractivity contribution in [1.29, 1.82) is 0 Å². The number of aromatic amines is 2. The Bertz CT molecular complexity index is 1230. The number of rotatable bonds is 3. The first-order chi connectivity index (χ1) is 12.5. The van der Waals surface area contributed by atoms with Crippen LogP contribution in [-0.2, 0) is 6.42 Å². The quantitative estimate of drug-likeness (QED) is 0.584. The number of hydrogen-bond donors (Lipinski definition) is 2. The number of nitrogens with zero attached hydrogens (tertiary/aromatic N) is 2. The van der Waals surface area contributed by atoms with Gasteiger partial charge in [-0.1, -0.05) is 13.0 Å². The highest BCUT2D eigenvalue weighted by Gasteiger charge is 2.16. The molecule has 0 aliphatic carbocycles. The van der Waals surface area contributed by atoms with Crippen molar-refractivity contribution in [3.8, 4) is 21.8 Å². The lowest BCUT2D eigenvalue weighted by atomic mass is 10.1. The Hall–Kier alpha value is -2.93. The molecule has 0 aromatic carbocycles. The maximum atomic E-state index is 12.6. The molecule has 26 heavy (non-hydrogen) atoms. The lowest BCUT2D eigenvalue weighted by molar-refractivity contribution is 0.904. The molecule has 4 aromatic heterocycles. The van der Waals surface area contributed by atoms with E-state index < -0.39 is 0 Å². The van der Waals surface area contributed by atoms with Crippen LogP contribution < -0.4 is 11.1 Å². The minimum Gasteiger partial charge on any atom is -0.325 e. The van der Waals surface area contributed by atoms with Crippen molar-refractivity contribution in [1.82, 2.24) is 19.6 Å². The molecule has 0 aliphatic rings. The van der Waals surface area contributed by atoms with Crippen molar-refractivity contribution in [3.63, 3.8) is 0 Å². The number of fused-ring (bicyclic) bond motifs is 1. The molecule has 6 nitrogen and oxygen atoms in total. The van der Waals surface area contributed by atoms with E-state index in [1.165, 1.54) is 10.6 Å². The van der Waals surface area contributed by atoms with Crippen molar-refractivity contribution >= 4 is 17.0 Å². The number of thiophene rings is 1. The van der Waals surface area contributed by atoms with Gasteiger partial charge < -0.3 is 4.98 Å². The largest absolute Gasteiger partial charge is 0.325 e. The summed E-state index contributed by atoms with van der Waals surface area (Å²) in [6.45, 7) is 5.86. The van der Waals surface area contributed by atoms with Crippen LogP contribution in [0.1, 0.15) is 23.7 Å². The second kappa shape index (κ2) is 6.10.